The van der Waals surface area contributed by atoms with E-state index in [2.05, 4.69) is 15.8 Å². The molecule has 0 radical (unpaired) electrons. The van der Waals surface area contributed by atoms with E-state index in [1.54, 1.807) is 37.4 Å². The third-order valence-electron chi connectivity index (χ3n) is 4.63. The fraction of sp³-hybridized carbons (Fsp3) is 0.160. The Balaban J connectivity index is 1.54. The molecule has 164 valence electrons. The second-order valence-electron chi connectivity index (χ2n) is 6.89. The first-order chi connectivity index (χ1) is 15.6. The number of hydrogen-bond acceptors (Lipinski definition) is 5. The molecular formula is C25H25N3O4. The maximum Gasteiger partial charge on any atom is 0.329 e. The van der Waals surface area contributed by atoms with E-state index >= 15 is 0 Å². The number of nitrogens with zero attached hydrogens (tertiary/aromatic N) is 1. The fourth-order valence-electron chi connectivity index (χ4n) is 2.85. The summed E-state index contributed by atoms with van der Waals surface area (Å²) in [5, 5.41) is 6.38. The molecule has 0 spiro atoms. The van der Waals surface area contributed by atoms with Gasteiger partial charge >= 0.3 is 11.8 Å². The maximum absolute atomic E-state index is 12.0. The van der Waals surface area contributed by atoms with Crippen LogP contribution in [0.3, 0.4) is 0 Å². The number of hydrogen-bond donors (Lipinski definition) is 2. The van der Waals surface area contributed by atoms with E-state index in [-0.39, 0.29) is 0 Å². The molecule has 3 aromatic rings. The molecule has 0 aromatic heterocycles. The van der Waals surface area contributed by atoms with Crippen LogP contribution in [0.4, 0.5) is 5.69 Å². The Morgan fingerprint density at radius 1 is 0.906 bits per heavy atom. The van der Waals surface area contributed by atoms with E-state index in [0.717, 1.165) is 17.5 Å². The average Bonchev–Trinajstić information content (AvgIpc) is 2.84. The number of methoxy groups -OCH3 is 1. The van der Waals surface area contributed by atoms with E-state index in [0.29, 0.717) is 29.4 Å². The van der Waals surface area contributed by atoms with E-state index < -0.39 is 11.8 Å². The highest BCUT2D eigenvalue weighted by atomic mass is 16.5. The largest absolute Gasteiger partial charge is 0.493 e. The van der Waals surface area contributed by atoms with E-state index in [1.807, 2.05) is 49.4 Å². The SMILES string of the molecule is CCc1ccc(NC(=O)C(=O)N/N=C\c2ccc(OCc3ccccc3)c(OC)c2)cc1. The van der Waals surface area contributed by atoms with E-state index in [4.69, 9.17) is 9.47 Å². The van der Waals surface area contributed by atoms with Gasteiger partial charge in [0.1, 0.15) is 6.61 Å². The monoisotopic (exact) mass is 431 g/mol. The molecule has 0 aliphatic heterocycles. The number of carbonyl (C=O) groups excluding carboxylic acids is 2. The molecule has 2 amide bonds. The molecule has 0 heterocycles. The molecule has 3 aromatic carbocycles. The first-order valence-corrected chi connectivity index (χ1v) is 10.2. The number of aryl methyl sites for hydroxylation is 1. The molecular weight excluding hydrogens is 406 g/mol. The molecule has 0 bridgehead atoms. The highest BCUT2D eigenvalue weighted by molar-refractivity contribution is 6.39. The fourth-order valence-corrected chi connectivity index (χ4v) is 2.85. The minimum Gasteiger partial charge on any atom is -0.493 e. The Morgan fingerprint density at radius 2 is 1.66 bits per heavy atom. The van der Waals surface area contributed by atoms with Gasteiger partial charge in [0.15, 0.2) is 11.5 Å². The lowest BCUT2D eigenvalue weighted by molar-refractivity contribution is -0.136. The Labute approximate surface area is 187 Å². The summed E-state index contributed by atoms with van der Waals surface area (Å²) in [5.74, 6) is -0.542. The number of anilines is 1. The van der Waals surface area contributed by atoms with Crippen molar-refractivity contribution in [1.29, 1.82) is 0 Å². The first kappa shape index (κ1) is 22.6. The van der Waals surface area contributed by atoms with Crippen LogP contribution in [-0.2, 0) is 22.6 Å². The third-order valence-corrected chi connectivity index (χ3v) is 4.63. The normalized spacial score (nSPS) is 10.6. The number of nitrogens with one attached hydrogen (secondary N) is 2. The predicted molar refractivity (Wildman–Crippen MR) is 124 cm³/mol. The van der Waals surface area contributed by atoms with Crippen LogP contribution >= 0.6 is 0 Å². The van der Waals surface area contributed by atoms with Crippen molar-refractivity contribution in [2.24, 2.45) is 5.10 Å². The molecule has 0 saturated heterocycles. The molecule has 7 heteroatoms. The number of carbonyl (C=O) groups is 2. The van der Waals surface area contributed by atoms with Crippen LogP contribution in [0.2, 0.25) is 0 Å². The first-order valence-electron chi connectivity index (χ1n) is 10.2. The molecule has 0 fully saturated rings. The van der Waals surface area contributed by atoms with Crippen LogP contribution < -0.4 is 20.2 Å². The molecule has 32 heavy (non-hydrogen) atoms. The van der Waals surface area contributed by atoms with Gasteiger partial charge in [-0.25, -0.2) is 5.43 Å². The topological polar surface area (TPSA) is 89.0 Å². The minimum absolute atomic E-state index is 0.414. The van der Waals surface area contributed by atoms with Gasteiger partial charge in [0, 0.05) is 5.69 Å². The number of ether oxygens (including phenoxy) is 2. The average molecular weight is 431 g/mol. The zero-order chi connectivity index (χ0) is 22.8. The molecule has 7 nitrogen and oxygen atoms in total. The third kappa shape index (κ3) is 6.43. The van der Waals surface area contributed by atoms with Gasteiger partial charge < -0.3 is 14.8 Å². The summed E-state index contributed by atoms with van der Waals surface area (Å²) in [6.45, 7) is 2.46. The zero-order valence-electron chi connectivity index (χ0n) is 18.0. The number of rotatable bonds is 8. The van der Waals surface area contributed by atoms with Crippen molar-refractivity contribution in [1.82, 2.24) is 5.43 Å². The van der Waals surface area contributed by atoms with Crippen LogP contribution in [-0.4, -0.2) is 25.1 Å². The molecule has 2 N–H and O–H groups in total. The molecule has 0 unspecified atom stereocenters. The summed E-state index contributed by atoms with van der Waals surface area (Å²) in [7, 11) is 1.55. The Hall–Kier alpha value is -4.13. The second kappa shape index (κ2) is 11.3. The highest BCUT2D eigenvalue weighted by Gasteiger charge is 2.13. The summed E-state index contributed by atoms with van der Waals surface area (Å²) in [4.78, 5) is 24.0. The van der Waals surface area contributed by atoms with Crippen LogP contribution in [0.25, 0.3) is 0 Å². The lowest BCUT2D eigenvalue weighted by Crippen LogP contribution is -2.32. The van der Waals surface area contributed by atoms with Crippen molar-refractivity contribution in [2.75, 3.05) is 12.4 Å². The van der Waals surface area contributed by atoms with E-state index in [1.165, 1.54) is 6.21 Å². The maximum atomic E-state index is 12.0. The van der Waals surface area contributed by atoms with E-state index in [9.17, 15) is 9.59 Å². The quantitative estimate of drug-likeness (QED) is 0.321. The van der Waals surface area contributed by atoms with Gasteiger partial charge in [-0.15, -0.1) is 0 Å². The Kier molecular flexibility index (Phi) is 7.97. The lowest BCUT2D eigenvalue weighted by Gasteiger charge is -2.11. The van der Waals surface area contributed by atoms with Crippen LogP contribution in [0, 0.1) is 0 Å². The van der Waals surface area contributed by atoms with Crippen molar-refractivity contribution >= 4 is 23.7 Å². The van der Waals surface area contributed by atoms with Crippen LogP contribution in [0.5, 0.6) is 11.5 Å². The predicted octanol–water partition coefficient (Wildman–Crippen LogP) is 3.93. The highest BCUT2D eigenvalue weighted by Crippen LogP contribution is 2.28. The van der Waals surface area contributed by atoms with Crippen molar-refractivity contribution < 1.29 is 19.1 Å². The van der Waals surface area contributed by atoms with Crippen molar-refractivity contribution in [3.05, 3.63) is 89.5 Å². The van der Waals surface area contributed by atoms with Crippen LogP contribution in [0.1, 0.15) is 23.6 Å². The van der Waals surface area contributed by atoms with Crippen molar-refractivity contribution in [3.63, 3.8) is 0 Å². The molecule has 0 atom stereocenters. The smallest absolute Gasteiger partial charge is 0.329 e. The van der Waals surface area contributed by atoms with Gasteiger partial charge in [0.25, 0.3) is 0 Å². The van der Waals surface area contributed by atoms with Gasteiger partial charge in [0.2, 0.25) is 0 Å². The van der Waals surface area contributed by atoms with Gasteiger partial charge in [-0.2, -0.15) is 5.10 Å². The van der Waals surface area contributed by atoms with Crippen molar-refractivity contribution in [2.45, 2.75) is 20.0 Å². The molecule has 0 aliphatic rings. The Morgan fingerprint density at radius 3 is 2.34 bits per heavy atom. The number of benzene rings is 3. The van der Waals surface area contributed by atoms with Crippen molar-refractivity contribution in [3.8, 4) is 11.5 Å². The second-order valence-corrected chi connectivity index (χ2v) is 6.89. The van der Waals surface area contributed by atoms with Crippen LogP contribution in [0.15, 0.2) is 77.9 Å². The molecule has 0 saturated carbocycles. The summed E-state index contributed by atoms with van der Waals surface area (Å²) in [6, 6.07) is 22.4. The lowest BCUT2D eigenvalue weighted by atomic mass is 10.1. The standard InChI is InChI=1S/C25H25N3O4/c1-3-18-9-12-21(13-10-18)27-24(29)25(30)28-26-16-20-11-14-22(23(15-20)31-2)32-17-19-7-5-4-6-8-19/h4-16H,3,17H2,1-2H3,(H,27,29)(H,28,30)/b26-16-. The zero-order valence-corrected chi connectivity index (χ0v) is 18.0. The Bertz CT molecular complexity index is 1080. The number of amides is 2. The summed E-state index contributed by atoms with van der Waals surface area (Å²) in [6.07, 6.45) is 2.32. The van der Waals surface area contributed by atoms with Gasteiger partial charge in [-0.1, -0.05) is 49.4 Å². The number of hydrazone groups is 1. The van der Waals surface area contributed by atoms with Gasteiger partial charge in [-0.05, 0) is 53.4 Å². The minimum atomic E-state index is -0.865. The molecule has 3 rings (SSSR count). The summed E-state index contributed by atoms with van der Waals surface area (Å²) in [5.41, 5.74) is 5.62. The van der Waals surface area contributed by atoms with Gasteiger partial charge in [0.05, 0.1) is 13.3 Å². The molecule has 0 aliphatic carbocycles. The van der Waals surface area contributed by atoms with Gasteiger partial charge in [-0.3, -0.25) is 9.59 Å². The summed E-state index contributed by atoms with van der Waals surface area (Å²) < 4.78 is 11.2. The summed E-state index contributed by atoms with van der Waals surface area (Å²) >= 11 is 0.